The second-order valence-electron chi connectivity index (χ2n) is 4.95. The Balaban J connectivity index is 2.30. The van der Waals surface area contributed by atoms with Gasteiger partial charge in [0.25, 0.3) is 10.0 Å². The van der Waals surface area contributed by atoms with Crippen LogP contribution in [-0.2, 0) is 14.8 Å². The molecule has 0 aliphatic carbocycles. The molecule has 1 amide bonds. The van der Waals surface area contributed by atoms with E-state index >= 15 is 0 Å². The van der Waals surface area contributed by atoms with Crippen LogP contribution < -0.4 is 0 Å². The van der Waals surface area contributed by atoms with Gasteiger partial charge in [0.05, 0.1) is 4.90 Å². The SMILES string of the molecule is Cc1ccc(S(=O)(=O)N2CCCCCCC2=O)cc1. The number of aryl methyl sites for hydroxylation is 1. The van der Waals surface area contributed by atoms with Crippen molar-refractivity contribution in [2.75, 3.05) is 6.54 Å². The van der Waals surface area contributed by atoms with Crippen LogP contribution in [0.3, 0.4) is 0 Å². The molecule has 0 unspecified atom stereocenters. The Morgan fingerprint density at radius 1 is 1.00 bits per heavy atom. The predicted octanol–water partition coefficient (Wildman–Crippen LogP) is 2.48. The number of carbonyl (C=O) groups is 1. The average Bonchev–Trinajstić information content (AvgIpc) is 2.34. The molecule has 0 saturated carbocycles. The molecule has 0 radical (unpaired) electrons. The number of sulfonamides is 1. The van der Waals surface area contributed by atoms with E-state index in [0.29, 0.717) is 13.0 Å². The fourth-order valence-electron chi connectivity index (χ4n) is 2.23. The maximum absolute atomic E-state index is 12.5. The van der Waals surface area contributed by atoms with Crippen LogP contribution in [0.1, 0.15) is 37.7 Å². The highest BCUT2D eigenvalue weighted by Crippen LogP contribution is 2.21. The minimum Gasteiger partial charge on any atom is -0.274 e. The lowest BCUT2D eigenvalue weighted by molar-refractivity contribution is -0.127. The van der Waals surface area contributed by atoms with Crippen LogP contribution in [0.4, 0.5) is 0 Å². The Morgan fingerprint density at radius 2 is 1.63 bits per heavy atom. The maximum atomic E-state index is 12.5. The molecule has 0 N–H and O–H groups in total. The van der Waals surface area contributed by atoms with Crippen LogP contribution in [0.15, 0.2) is 29.2 Å². The van der Waals surface area contributed by atoms with Crippen LogP contribution >= 0.6 is 0 Å². The van der Waals surface area contributed by atoms with Crippen LogP contribution in [0.25, 0.3) is 0 Å². The first-order valence-electron chi connectivity index (χ1n) is 6.64. The molecule has 4 nitrogen and oxygen atoms in total. The highest BCUT2D eigenvalue weighted by atomic mass is 32.2. The van der Waals surface area contributed by atoms with Gasteiger partial charge in [0.2, 0.25) is 5.91 Å². The molecule has 1 saturated heterocycles. The third kappa shape index (κ3) is 3.15. The quantitative estimate of drug-likeness (QED) is 0.837. The molecule has 0 atom stereocenters. The van der Waals surface area contributed by atoms with E-state index in [9.17, 15) is 13.2 Å². The standard InChI is InChI=1S/C14H19NO3S/c1-12-7-9-13(10-8-12)19(17,18)15-11-5-3-2-4-6-14(15)16/h7-10H,2-6,11H2,1H3. The lowest BCUT2D eigenvalue weighted by Gasteiger charge is -2.24. The van der Waals surface area contributed by atoms with Gasteiger partial charge in [-0.2, -0.15) is 0 Å². The van der Waals surface area contributed by atoms with Crippen molar-refractivity contribution >= 4 is 15.9 Å². The summed E-state index contributed by atoms with van der Waals surface area (Å²) < 4.78 is 26.0. The Labute approximate surface area is 114 Å². The summed E-state index contributed by atoms with van der Waals surface area (Å²) in [6.07, 6.45) is 3.83. The van der Waals surface area contributed by atoms with E-state index in [0.717, 1.165) is 35.6 Å². The largest absolute Gasteiger partial charge is 0.274 e. The molecule has 1 aromatic carbocycles. The van der Waals surface area contributed by atoms with E-state index < -0.39 is 10.0 Å². The zero-order valence-electron chi connectivity index (χ0n) is 11.1. The zero-order chi connectivity index (χ0) is 13.9. The van der Waals surface area contributed by atoms with Crippen molar-refractivity contribution in [3.8, 4) is 0 Å². The van der Waals surface area contributed by atoms with Gasteiger partial charge in [0.1, 0.15) is 0 Å². The fourth-order valence-corrected chi connectivity index (χ4v) is 3.69. The van der Waals surface area contributed by atoms with E-state index in [2.05, 4.69) is 0 Å². The number of hydrogen-bond donors (Lipinski definition) is 0. The molecule has 0 bridgehead atoms. The Kier molecular flexibility index (Phi) is 4.24. The van der Waals surface area contributed by atoms with Gasteiger partial charge in [-0.25, -0.2) is 12.7 Å². The Hall–Kier alpha value is -1.36. The first-order chi connectivity index (χ1) is 9.01. The Bertz CT molecular complexity index is 549. The monoisotopic (exact) mass is 281 g/mol. The molecule has 0 spiro atoms. The van der Waals surface area contributed by atoms with E-state index in [1.807, 2.05) is 6.92 Å². The highest BCUT2D eigenvalue weighted by molar-refractivity contribution is 7.89. The number of rotatable bonds is 2. The minimum atomic E-state index is -3.68. The molecular formula is C14H19NO3S. The molecule has 1 heterocycles. The zero-order valence-corrected chi connectivity index (χ0v) is 11.9. The van der Waals surface area contributed by atoms with Gasteiger partial charge in [-0.3, -0.25) is 4.79 Å². The molecule has 1 aliphatic heterocycles. The van der Waals surface area contributed by atoms with E-state index in [1.54, 1.807) is 24.3 Å². The van der Waals surface area contributed by atoms with Crippen molar-refractivity contribution in [2.24, 2.45) is 0 Å². The van der Waals surface area contributed by atoms with Gasteiger partial charge in [-0.15, -0.1) is 0 Å². The van der Waals surface area contributed by atoms with Gasteiger partial charge in [0.15, 0.2) is 0 Å². The van der Waals surface area contributed by atoms with Crippen molar-refractivity contribution in [1.82, 2.24) is 4.31 Å². The van der Waals surface area contributed by atoms with Gasteiger partial charge >= 0.3 is 0 Å². The maximum Gasteiger partial charge on any atom is 0.266 e. The summed E-state index contributed by atoms with van der Waals surface area (Å²) >= 11 is 0. The summed E-state index contributed by atoms with van der Waals surface area (Å²) in [6.45, 7) is 2.20. The predicted molar refractivity (Wildman–Crippen MR) is 73.2 cm³/mol. The molecule has 5 heteroatoms. The second-order valence-corrected chi connectivity index (χ2v) is 6.81. The molecule has 1 fully saturated rings. The minimum absolute atomic E-state index is 0.201. The first kappa shape index (κ1) is 14.1. The number of carbonyl (C=O) groups excluding carboxylic acids is 1. The molecule has 1 aromatic rings. The summed E-state index contributed by atoms with van der Waals surface area (Å²) in [5.41, 5.74) is 0.998. The summed E-state index contributed by atoms with van der Waals surface area (Å²) in [5.74, 6) is -0.278. The van der Waals surface area contributed by atoms with Crippen molar-refractivity contribution < 1.29 is 13.2 Å². The molecule has 2 rings (SSSR count). The molecule has 0 aromatic heterocycles. The van der Waals surface area contributed by atoms with E-state index in [-0.39, 0.29) is 10.8 Å². The normalized spacial score (nSPS) is 17.9. The van der Waals surface area contributed by atoms with Crippen LogP contribution in [-0.4, -0.2) is 25.2 Å². The van der Waals surface area contributed by atoms with Crippen LogP contribution in [0.5, 0.6) is 0 Å². The second kappa shape index (κ2) is 5.74. The summed E-state index contributed by atoms with van der Waals surface area (Å²) in [5, 5.41) is 0. The lowest BCUT2D eigenvalue weighted by Crippen LogP contribution is -2.38. The van der Waals surface area contributed by atoms with Gasteiger partial charge in [-0.05, 0) is 31.9 Å². The van der Waals surface area contributed by atoms with Crippen molar-refractivity contribution in [3.63, 3.8) is 0 Å². The van der Waals surface area contributed by atoms with Gasteiger partial charge in [0, 0.05) is 13.0 Å². The number of benzene rings is 1. The first-order valence-corrected chi connectivity index (χ1v) is 8.08. The third-order valence-electron chi connectivity index (χ3n) is 3.39. The summed E-state index contributed by atoms with van der Waals surface area (Å²) in [4.78, 5) is 12.2. The number of hydrogen-bond acceptors (Lipinski definition) is 3. The number of nitrogens with zero attached hydrogens (tertiary/aromatic N) is 1. The van der Waals surface area contributed by atoms with Gasteiger partial charge in [-0.1, -0.05) is 30.5 Å². The summed E-state index contributed by atoms with van der Waals surface area (Å²) in [7, 11) is -3.68. The third-order valence-corrected chi connectivity index (χ3v) is 5.22. The Morgan fingerprint density at radius 3 is 2.32 bits per heavy atom. The highest BCUT2D eigenvalue weighted by Gasteiger charge is 2.29. The van der Waals surface area contributed by atoms with Crippen molar-refractivity contribution in [3.05, 3.63) is 29.8 Å². The van der Waals surface area contributed by atoms with E-state index in [4.69, 9.17) is 0 Å². The van der Waals surface area contributed by atoms with Crippen molar-refractivity contribution in [2.45, 2.75) is 43.9 Å². The fraction of sp³-hybridized carbons (Fsp3) is 0.500. The smallest absolute Gasteiger partial charge is 0.266 e. The average molecular weight is 281 g/mol. The number of amides is 1. The van der Waals surface area contributed by atoms with Gasteiger partial charge < -0.3 is 0 Å². The lowest BCUT2D eigenvalue weighted by atomic mass is 10.1. The summed E-state index contributed by atoms with van der Waals surface area (Å²) in [6, 6.07) is 6.64. The van der Waals surface area contributed by atoms with Crippen LogP contribution in [0, 0.1) is 6.92 Å². The molecule has 19 heavy (non-hydrogen) atoms. The van der Waals surface area contributed by atoms with E-state index in [1.165, 1.54) is 0 Å². The van der Waals surface area contributed by atoms with Crippen molar-refractivity contribution in [1.29, 1.82) is 0 Å². The molecule has 104 valence electrons. The molecular weight excluding hydrogens is 262 g/mol. The molecule has 1 aliphatic rings. The van der Waals surface area contributed by atoms with Crippen LogP contribution in [0.2, 0.25) is 0 Å². The topological polar surface area (TPSA) is 54.5 Å².